The van der Waals surface area contributed by atoms with Gasteiger partial charge in [-0.15, -0.1) is 0 Å². The summed E-state index contributed by atoms with van der Waals surface area (Å²) in [5.74, 6) is 0. The van der Waals surface area contributed by atoms with E-state index in [-0.39, 0.29) is 6.04 Å². The Morgan fingerprint density at radius 1 is 1.47 bits per heavy atom. The van der Waals surface area contributed by atoms with Gasteiger partial charge in [0.15, 0.2) is 0 Å². The molecule has 1 unspecified atom stereocenters. The van der Waals surface area contributed by atoms with Crippen molar-refractivity contribution >= 4 is 5.69 Å². The van der Waals surface area contributed by atoms with Gasteiger partial charge in [-0.05, 0) is 36.5 Å². The van der Waals surface area contributed by atoms with Gasteiger partial charge >= 0.3 is 0 Å². The predicted octanol–water partition coefficient (Wildman–Crippen LogP) is 2.45. The fourth-order valence-electron chi connectivity index (χ4n) is 2.61. The second kappa shape index (κ2) is 2.99. The molecule has 3 rings (SSSR count). The monoisotopic (exact) mass is 202 g/mol. The van der Waals surface area contributed by atoms with Gasteiger partial charge < -0.3 is 11.1 Å². The second-order valence-corrected chi connectivity index (χ2v) is 4.97. The highest BCUT2D eigenvalue weighted by Crippen LogP contribution is 2.57. The molecule has 80 valence electrons. The maximum absolute atomic E-state index is 6.37. The van der Waals surface area contributed by atoms with Crippen molar-refractivity contribution in [3.8, 4) is 0 Å². The Hall–Kier alpha value is -1.02. The van der Waals surface area contributed by atoms with Gasteiger partial charge in [0.25, 0.3) is 0 Å². The Balaban J connectivity index is 2.04. The lowest BCUT2D eigenvalue weighted by atomic mass is 9.85. The third kappa shape index (κ3) is 1.28. The van der Waals surface area contributed by atoms with Gasteiger partial charge in [-0.25, -0.2) is 0 Å². The maximum Gasteiger partial charge on any atom is 0.0389 e. The fraction of sp³-hybridized carbons (Fsp3) is 0.538. The standard InChI is InChI=1S/C13H18N2/c1-2-9-3-4-11-10(7-9)12(14)13(5-6-13)8-15-11/h3-4,7,12,15H,2,5-6,8,14H2,1H3. The molecule has 15 heavy (non-hydrogen) atoms. The molecule has 2 nitrogen and oxygen atoms in total. The van der Waals surface area contributed by atoms with Gasteiger partial charge in [0.2, 0.25) is 0 Å². The number of rotatable bonds is 1. The summed E-state index contributed by atoms with van der Waals surface area (Å²) in [6.45, 7) is 3.25. The van der Waals surface area contributed by atoms with Crippen molar-refractivity contribution in [1.29, 1.82) is 0 Å². The zero-order valence-electron chi connectivity index (χ0n) is 9.22. The van der Waals surface area contributed by atoms with Crippen LogP contribution in [0.1, 0.15) is 36.9 Å². The Labute approximate surface area is 90.9 Å². The van der Waals surface area contributed by atoms with E-state index in [4.69, 9.17) is 5.73 Å². The predicted molar refractivity (Wildman–Crippen MR) is 62.9 cm³/mol. The molecule has 0 bridgehead atoms. The number of hydrogen-bond donors (Lipinski definition) is 2. The number of benzene rings is 1. The first-order valence-corrected chi connectivity index (χ1v) is 5.87. The smallest absolute Gasteiger partial charge is 0.0389 e. The summed E-state index contributed by atoms with van der Waals surface area (Å²) in [5.41, 5.74) is 10.7. The van der Waals surface area contributed by atoms with Crippen LogP contribution in [-0.2, 0) is 6.42 Å². The molecule has 2 aliphatic rings. The minimum atomic E-state index is 0.250. The summed E-state index contributed by atoms with van der Waals surface area (Å²) in [6.07, 6.45) is 3.67. The topological polar surface area (TPSA) is 38.0 Å². The first-order chi connectivity index (χ1) is 7.25. The minimum absolute atomic E-state index is 0.250. The molecule has 1 aliphatic heterocycles. The van der Waals surface area contributed by atoms with Crippen molar-refractivity contribution in [1.82, 2.24) is 0 Å². The number of hydrogen-bond acceptors (Lipinski definition) is 2. The number of aryl methyl sites for hydroxylation is 1. The van der Waals surface area contributed by atoms with Gasteiger partial charge in [0.05, 0.1) is 0 Å². The SMILES string of the molecule is CCc1ccc2c(c1)C(N)C1(CC1)CN2. The van der Waals surface area contributed by atoms with Gasteiger partial charge in [-0.2, -0.15) is 0 Å². The van der Waals surface area contributed by atoms with Crippen LogP contribution in [0.5, 0.6) is 0 Å². The molecular weight excluding hydrogens is 184 g/mol. The van der Waals surface area contributed by atoms with E-state index in [0.717, 1.165) is 13.0 Å². The van der Waals surface area contributed by atoms with Crippen molar-refractivity contribution in [2.75, 3.05) is 11.9 Å². The van der Waals surface area contributed by atoms with E-state index >= 15 is 0 Å². The molecule has 0 amide bonds. The van der Waals surface area contributed by atoms with Crippen LogP contribution in [0, 0.1) is 5.41 Å². The van der Waals surface area contributed by atoms with Crippen LogP contribution in [0.2, 0.25) is 0 Å². The molecule has 1 aromatic rings. The molecule has 1 fully saturated rings. The first kappa shape index (κ1) is 9.22. The summed E-state index contributed by atoms with van der Waals surface area (Å²) in [4.78, 5) is 0. The third-order valence-electron chi connectivity index (χ3n) is 4.04. The highest BCUT2D eigenvalue weighted by Gasteiger charge is 2.50. The van der Waals surface area contributed by atoms with E-state index in [1.54, 1.807) is 0 Å². The van der Waals surface area contributed by atoms with Crippen LogP contribution in [0.4, 0.5) is 5.69 Å². The highest BCUT2D eigenvalue weighted by molar-refractivity contribution is 5.58. The van der Waals surface area contributed by atoms with Crippen LogP contribution in [-0.4, -0.2) is 6.54 Å². The molecular formula is C13H18N2. The van der Waals surface area contributed by atoms with Crippen molar-refractivity contribution < 1.29 is 0 Å². The van der Waals surface area contributed by atoms with Crippen LogP contribution in [0.3, 0.4) is 0 Å². The Bertz CT molecular complexity index is 394. The van der Waals surface area contributed by atoms with Crippen LogP contribution >= 0.6 is 0 Å². The zero-order valence-corrected chi connectivity index (χ0v) is 9.22. The summed E-state index contributed by atoms with van der Waals surface area (Å²) in [6, 6.07) is 6.92. The first-order valence-electron chi connectivity index (χ1n) is 5.87. The van der Waals surface area contributed by atoms with Crippen LogP contribution < -0.4 is 11.1 Å². The maximum atomic E-state index is 6.37. The van der Waals surface area contributed by atoms with Crippen molar-refractivity contribution in [3.63, 3.8) is 0 Å². The number of nitrogens with two attached hydrogens (primary N) is 1. The third-order valence-corrected chi connectivity index (χ3v) is 4.04. The molecule has 1 atom stereocenters. The summed E-state index contributed by atoms with van der Waals surface area (Å²) >= 11 is 0. The molecule has 1 aliphatic carbocycles. The fourth-order valence-corrected chi connectivity index (χ4v) is 2.61. The van der Waals surface area contributed by atoms with Crippen LogP contribution in [0.15, 0.2) is 18.2 Å². The summed E-state index contributed by atoms with van der Waals surface area (Å²) < 4.78 is 0. The van der Waals surface area contributed by atoms with Crippen LogP contribution in [0.25, 0.3) is 0 Å². The van der Waals surface area contributed by atoms with E-state index < -0.39 is 0 Å². The van der Waals surface area contributed by atoms with Crippen molar-refractivity contribution in [2.45, 2.75) is 32.2 Å². The van der Waals surface area contributed by atoms with Gasteiger partial charge in [-0.3, -0.25) is 0 Å². The number of nitrogens with one attached hydrogen (secondary N) is 1. The summed E-state index contributed by atoms with van der Waals surface area (Å²) in [7, 11) is 0. The highest BCUT2D eigenvalue weighted by atomic mass is 15.0. The quantitative estimate of drug-likeness (QED) is 0.734. The van der Waals surface area contributed by atoms with Crippen molar-refractivity contribution in [2.24, 2.45) is 11.1 Å². The lowest BCUT2D eigenvalue weighted by Gasteiger charge is -2.32. The molecule has 1 heterocycles. The van der Waals surface area contributed by atoms with E-state index in [0.29, 0.717) is 5.41 Å². The molecule has 1 saturated carbocycles. The minimum Gasteiger partial charge on any atom is -0.384 e. The molecule has 1 spiro atoms. The number of anilines is 1. The van der Waals surface area contributed by atoms with E-state index in [9.17, 15) is 0 Å². The Morgan fingerprint density at radius 2 is 2.27 bits per heavy atom. The molecule has 3 N–H and O–H groups in total. The Kier molecular flexibility index (Phi) is 1.84. The second-order valence-electron chi connectivity index (χ2n) is 4.97. The molecule has 2 heteroatoms. The van der Waals surface area contributed by atoms with E-state index in [1.807, 2.05) is 0 Å². The molecule has 0 saturated heterocycles. The molecule has 0 aromatic heterocycles. The van der Waals surface area contributed by atoms with Gasteiger partial charge in [0.1, 0.15) is 0 Å². The van der Waals surface area contributed by atoms with E-state index in [2.05, 4.69) is 30.4 Å². The Morgan fingerprint density at radius 3 is 2.93 bits per heavy atom. The lowest BCUT2D eigenvalue weighted by Crippen LogP contribution is -2.34. The largest absolute Gasteiger partial charge is 0.384 e. The van der Waals surface area contributed by atoms with Gasteiger partial charge in [0, 0.05) is 23.7 Å². The zero-order chi connectivity index (χ0) is 10.5. The normalized spacial score (nSPS) is 25.9. The molecule has 1 aromatic carbocycles. The van der Waals surface area contributed by atoms with Crippen molar-refractivity contribution in [3.05, 3.63) is 29.3 Å². The average Bonchev–Trinajstić information content (AvgIpc) is 3.05. The molecule has 0 radical (unpaired) electrons. The van der Waals surface area contributed by atoms with Gasteiger partial charge in [-0.1, -0.05) is 19.1 Å². The summed E-state index contributed by atoms with van der Waals surface area (Å²) in [5, 5.41) is 3.52. The lowest BCUT2D eigenvalue weighted by molar-refractivity contribution is 0.418. The average molecular weight is 202 g/mol. The number of fused-ring (bicyclic) bond motifs is 1. The van der Waals surface area contributed by atoms with E-state index in [1.165, 1.54) is 29.7 Å².